The SMILES string of the molecule is COCC(CCCN)Nc1cc(C(F)(F)F)ccc1C. The highest BCUT2D eigenvalue weighted by atomic mass is 19.4. The van der Waals surface area contributed by atoms with Crippen molar-refractivity contribution >= 4 is 5.69 Å². The van der Waals surface area contributed by atoms with E-state index in [4.69, 9.17) is 10.5 Å². The molecule has 114 valence electrons. The number of ether oxygens (including phenoxy) is 1. The number of nitrogens with two attached hydrogens (primary N) is 1. The van der Waals surface area contributed by atoms with Crippen LogP contribution in [-0.2, 0) is 10.9 Å². The van der Waals surface area contributed by atoms with Gasteiger partial charge in [0.15, 0.2) is 0 Å². The van der Waals surface area contributed by atoms with Crippen molar-refractivity contribution in [2.45, 2.75) is 32.0 Å². The summed E-state index contributed by atoms with van der Waals surface area (Å²) in [5.74, 6) is 0. The van der Waals surface area contributed by atoms with Gasteiger partial charge in [-0.3, -0.25) is 0 Å². The van der Waals surface area contributed by atoms with Crippen molar-refractivity contribution in [2.75, 3.05) is 25.6 Å². The monoisotopic (exact) mass is 290 g/mol. The smallest absolute Gasteiger partial charge is 0.383 e. The first-order chi connectivity index (χ1) is 9.38. The summed E-state index contributed by atoms with van der Waals surface area (Å²) in [5, 5.41) is 3.11. The van der Waals surface area contributed by atoms with Crippen molar-refractivity contribution in [3.63, 3.8) is 0 Å². The summed E-state index contributed by atoms with van der Waals surface area (Å²) in [5.41, 5.74) is 6.06. The van der Waals surface area contributed by atoms with Crippen LogP contribution in [0.3, 0.4) is 0 Å². The summed E-state index contributed by atoms with van der Waals surface area (Å²) in [6.07, 6.45) is -2.79. The van der Waals surface area contributed by atoms with E-state index in [0.717, 1.165) is 30.5 Å². The minimum atomic E-state index is -4.34. The van der Waals surface area contributed by atoms with Gasteiger partial charge in [-0.25, -0.2) is 0 Å². The number of methoxy groups -OCH3 is 1. The molecule has 3 N–H and O–H groups in total. The van der Waals surface area contributed by atoms with Crippen molar-refractivity contribution < 1.29 is 17.9 Å². The zero-order valence-corrected chi connectivity index (χ0v) is 11.8. The number of aryl methyl sites for hydroxylation is 1. The van der Waals surface area contributed by atoms with Gasteiger partial charge in [-0.1, -0.05) is 6.07 Å². The molecule has 3 nitrogen and oxygen atoms in total. The van der Waals surface area contributed by atoms with Crippen LogP contribution in [0.1, 0.15) is 24.0 Å². The molecular formula is C14H21F3N2O. The molecule has 0 saturated carbocycles. The largest absolute Gasteiger partial charge is 0.416 e. The number of alkyl halides is 3. The number of halogens is 3. The molecule has 0 aromatic heterocycles. The lowest BCUT2D eigenvalue weighted by Gasteiger charge is -2.21. The van der Waals surface area contributed by atoms with Gasteiger partial charge in [0.2, 0.25) is 0 Å². The number of anilines is 1. The van der Waals surface area contributed by atoms with E-state index in [-0.39, 0.29) is 6.04 Å². The quantitative estimate of drug-likeness (QED) is 0.811. The fraction of sp³-hybridized carbons (Fsp3) is 0.571. The second kappa shape index (κ2) is 7.50. The predicted molar refractivity (Wildman–Crippen MR) is 73.8 cm³/mol. The van der Waals surface area contributed by atoms with E-state index in [9.17, 15) is 13.2 Å². The van der Waals surface area contributed by atoms with Crippen LogP contribution in [0.15, 0.2) is 18.2 Å². The van der Waals surface area contributed by atoms with Gasteiger partial charge in [-0.2, -0.15) is 13.2 Å². The van der Waals surface area contributed by atoms with E-state index in [2.05, 4.69) is 5.32 Å². The Kier molecular flexibility index (Phi) is 6.29. The maximum absolute atomic E-state index is 12.7. The summed E-state index contributed by atoms with van der Waals surface area (Å²) in [6.45, 7) is 2.74. The molecule has 0 aliphatic rings. The van der Waals surface area contributed by atoms with E-state index in [1.807, 2.05) is 0 Å². The zero-order valence-electron chi connectivity index (χ0n) is 11.8. The normalized spacial score (nSPS) is 13.3. The second-order valence-electron chi connectivity index (χ2n) is 4.75. The third-order valence-electron chi connectivity index (χ3n) is 3.05. The van der Waals surface area contributed by atoms with E-state index in [1.54, 1.807) is 14.0 Å². The molecule has 1 aromatic carbocycles. The molecule has 0 fully saturated rings. The Hall–Kier alpha value is -1.27. The van der Waals surface area contributed by atoms with Gasteiger partial charge >= 0.3 is 6.18 Å². The van der Waals surface area contributed by atoms with Crippen molar-refractivity contribution in [3.05, 3.63) is 29.3 Å². The van der Waals surface area contributed by atoms with Crippen LogP contribution in [-0.4, -0.2) is 26.3 Å². The minimum absolute atomic E-state index is 0.0502. The Morgan fingerprint density at radius 2 is 2.05 bits per heavy atom. The summed E-state index contributed by atoms with van der Waals surface area (Å²) >= 11 is 0. The van der Waals surface area contributed by atoms with E-state index < -0.39 is 11.7 Å². The predicted octanol–water partition coefficient (Wildman–Crippen LogP) is 3.18. The van der Waals surface area contributed by atoms with Crippen LogP contribution < -0.4 is 11.1 Å². The van der Waals surface area contributed by atoms with E-state index in [0.29, 0.717) is 18.8 Å². The number of benzene rings is 1. The van der Waals surface area contributed by atoms with Gasteiger partial charge in [-0.15, -0.1) is 0 Å². The average molecular weight is 290 g/mol. The molecule has 0 heterocycles. The Morgan fingerprint density at radius 1 is 1.35 bits per heavy atom. The Bertz CT molecular complexity index is 421. The molecule has 0 aliphatic carbocycles. The third-order valence-corrected chi connectivity index (χ3v) is 3.05. The summed E-state index contributed by atoms with van der Waals surface area (Å²) in [7, 11) is 1.57. The lowest BCUT2D eigenvalue weighted by molar-refractivity contribution is -0.137. The highest BCUT2D eigenvalue weighted by molar-refractivity contribution is 5.53. The van der Waals surface area contributed by atoms with Crippen LogP contribution in [0.25, 0.3) is 0 Å². The first-order valence-electron chi connectivity index (χ1n) is 6.52. The summed E-state index contributed by atoms with van der Waals surface area (Å²) < 4.78 is 43.2. The maximum atomic E-state index is 12.7. The Morgan fingerprint density at radius 3 is 2.60 bits per heavy atom. The second-order valence-corrected chi connectivity index (χ2v) is 4.75. The molecule has 6 heteroatoms. The Labute approximate surface area is 117 Å². The molecule has 20 heavy (non-hydrogen) atoms. The van der Waals surface area contributed by atoms with Crippen molar-refractivity contribution in [3.8, 4) is 0 Å². The lowest BCUT2D eigenvalue weighted by Crippen LogP contribution is -2.26. The zero-order chi connectivity index (χ0) is 15.2. The number of hydrogen-bond acceptors (Lipinski definition) is 3. The van der Waals surface area contributed by atoms with Crippen LogP contribution in [0, 0.1) is 6.92 Å². The van der Waals surface area contributed by atoms with Crippen LogP contribution in [0.5, 0.6) is 0 Å². The molecule has 0 bridgehead atoms. The molecule has 0 amide bonds. The standard InChI is InChI=1S/C14H21F3N2O/c1-10-5-6-11(14(15,16)17)8-13(10)19-12(9-20-2)4-3-7-18/h5-6,8,12,19H,3-4,7,9,18H2,1-2H3. The molecule has 1 atom stereocenters. The summed E-state index contributed by atoms with van der Waals surface area (Å²) in [4.78, 5) is 0. The molecule has 0 radical (unpaired) electrons. The first-order valence-corrected chi connectivity index (χ1v) is 6.52. The number of nitrogens with one attached hydrogen (secondary N) is 1. The van der Waals surface area contributed by atoms with Gasteiger partial charge in [0.05, 0.1) is 12.2 Å². The van der Waals surface area contributed by atoms with E-state index in [1.165, 1.54) is 6.07 Å². The first kappa shape index (κ1) is 16.8. The molecule has 0 saturated heterocycles. The highest BCUT2D eigenvalue weighted by Gasteiger charge is 2.30. The number of rotatable bonds is 7. The van der Waals surface area contributed by atoms with Crippen LogP contribution >= 0.6 is 0 Å². The third kappa shape index (κ3) is 5.02. The number of hydrogen-bond donors (Lipinski definition) is 2. The van der Waals surface area contributed by atoms with Crippen molar-refractivity contribution in [2.24, 2.45) is 5.73 Å². The van der Waals surface area contributed by atoms with Crippen LogP contribution in [0.2, 0.25) is 0 Å². The van der Waals surface area contributed by atoms with Gasteiger partial charge in [-0.05, 0) is 44.0 Å². The van der Waals surface area contributed by atoms with Crippen molar-refractivity contribution in [1.29, 1.82) is 0 Å². The minimum Gasteiger partial charge on any atom is -0.383 e. The van der Waals surface area contributed by atoms with Crippen LogP contribution in [0.4, 0.5) is 18.9 Å². The van der Waals surface area contributed by atoms with Crippen molar-refractivity contribution in [1.82, 2.24) is 0 Å². The Balaban J connectivity index is 2.87. The molecule has 0 aliphatic heterocycles. The summed E-state index contributed by atoms with van der Waals surface area (Å²) in [6, 6.07) is 3.65. The van der Waals surface area contributed by atoms with Gasteiger partial charge in [0.25, 0.3) is 0 Å². The van der Waals surface area contributed by atoms with E-state index >= 15 is 0 Å². The van der Waals surface area contributed by atoms with Gasteiger partial charge in [0.1, 0.15) is 0 Å². The molecular weight excluding hydrogens is 269 g/mol. The fourth-order valence-corrected chi connectivity index (χ4v) is 1.94. The highest BCUT2D eigenvalue weighted by Crippen LogP contribution is 2.32. The lowest BCUT2D eigenvalue weighted by atomic mass is 10.1. The maximum Gasteiger partial charge on any atom is 0.416 e. The molecule has 0 spiro atoms. The fourth-order valence-electron chi connectivity index (χ4n) is 1.94. The molecule has 1 aromatic rings. The average Bonchev–Trinajstić information content (AvgIpc) is 2.37. The van der Waals surface area contributed by atoms with Gasteiger partial charge in [0, 0.05) is 18.8 Å². The van der Waals surface area contributed by atoms with Gasteiger partial charge < -0.3 is 15.8 Å². The molecule has 1 rings (SSSR count). The topological polar surface area (TPSA) is 47.3 Å². The molecule has 1 unspecified atom stereocenters.